The van der Waals surface area contributed by atoms with Gasteiger partial charge in [0.15, 0.2) is 0 Å². The molecule has 2 rings (SSSR count). The molecule has 1 aromatic carbocycles. The quantitative estimate of drug-likeness (QED) is 0.812. The van der Waals surface area contributed by atoms with Gasteiger partial charge in [0.2, 0.25) is 5.91 Å². The Morgan fingerprint density at radius 2 is 2.04 bits per heavy atom. The van der Waals surface area contributed by atoms with Crippen LogP contribution in [-0.2, 0) is 14.3 Å². The van der Waals surface area contributed by atoms with Crippen molar-refractivity contribution in [1.82, 2.24) is 10.2 Å². The van der Waals surface area contributed by atoms with Crippen LogP contribution in [0, 0.1) is 0 Å². The van der Waals surface area contributed by atoms with Crippen molar-refractivity contribution in [2.24, 2.45) is 0 Å². The molecule has 7 nitrogen and oxygen atoms in total. The minimum Gasteiger partial charge on any atom is -0.480 e. The molecule has 1 saturated heterocycles. The van der Waals surface area contributed by atoms with E-state index >= 15 is 0 Å². The molecule has 0 aliphatic carbocycles. The smallest absolute Gasteiger partial charge is 0.326 e. The number of nitrogens with zero attached hydrogens (tertiary/aromatic N) is 1. The van der Waals surface area contributed by atoms with Crippen LogP contribution in [0.4, 0.5) is 0 Å². The zero-order valence-electron chi connectivity index (χ0n) is 12.8. The molecule has 2 N–H and O–H groups in total. The van der Waals surface area contributed by atoms with Gasteiger partial charge in [-0.25, -0.2) is 4.79 Å². The van der Waals surface area contributed by atoms with Crippen molar-refractivity contribution in [2.75, 3.05) is 20.2 Å². The molecule has 2 atom stereocenters. The lowest BCUT2D eigenvalue weighted by Crippen LogP contribution is -2.45. The molecule has 2 amide bonds. The van der Waals surface area contributed by atoms with Gasteiger partial charge in [0.05, 0.1) is 22.7 Å². The van der Waals surface area contributed by atoms with Crippen LogP contribution in [-0.4, -0.2) is 60.1 Å². The van der Waals surface area contributed by atoms with Gasteiger partial charge in [-0.2, -0.15) is 0 Å². The van der Waals surface area contributed by atoms with Crippen molar-refractivity contribution in [3.63, 3.8) is 0 Å². The van der Waals surface area contributed by atoms with Crippen molar-refractivity contribution in [3.8, 4) is 0 Å². The first kappa shape index (κ1) is 18.5. The lowest BCUT2D eigenvalue weighted by molar-refractivity contribution is -0.147. The Hall–Kier alpha value is -1.83. The van der Waals surface area contributed by atoms with E-state index in [0.29, 0.717) is 5.02 Å². The highest BCUT2D eigenvalue weighted by atomic mass is 35.5. The molecule has 1 aliphatic rings. The highest BCUT2D eigenvalue weighted by Crippen LogP contribution is 2.23. The largest absolute Gasteiger partial charge is 0.480 e. The van der Waals surface area contributed by atoms with Gasteiger partial charge >= 0.3 is 5.97 Å². The topological polar surface area (TPSA) is 95.9 Å². The molecular weight excluding hydrogens is 359 g/mol. The lowest BCUT2D eigenvalue weighted by Gasteiger charge is -2.21. The van der Waals surface area contributed by atoms with Crippen LogP contribution in [0.1, 0.15) is 16.8 Å². The summed E-state index contributed by atoms with van der Waals surface area (Å²) in [5.74, 6) is -2.09. The van der Waals surface area contributed by atoms with Crippen LogP contribution in [0.3, 0.4) is 0 Å². The fourth-order valence-corrected chi connectivity index (χ4v) is 2.77. The SMILES string of the molecule is COC1CC(C(=O)O)N(C(=O)CNC(=O)c2ccc(Cl)c(Cl)c2)C1. The molecule has 0 spiro atoms. The normalized spacial score (nSPS) is 20.0. The second kappa shape index (κ2) is 7.83. The zero-order valence-corrected chi connectivity index (χ0v) is 14.3. The summed E-state index contributed by atoms with van der Waals surface area (Å²) < 4.78 is 5.12. The predicted octanol–water partition coefficient (Wildman–Crippen LogP) is 1.42. The Morgan fingerprint density at radius 3 is 2.62 bits per heavy atom. The predicted molar refractivity (Wildman–Crippen MR) is 87.3 cm³/mol. The summed E-state index contributed by atoms with van der Waals surface area (Å²) in [6.07, 6.45) is -0.112. The number of carbonyl (C=O) groups is 3. The number of ether oxygens (including phenoxy) is 1. The van der Waals surface area contributed by atoms with Gasteiger partial charge < -0.3 is 20.1 Å². The van der Waals surface area contributed by atoms with E-state index in [1.54, 1.807) is 0 Å². The maximum Gasteiger partial charge on any atom is 0.326 e. The third-order valence-corrected chi connectivity index (χ3v) is 4.52. The molecule has 0 aromatic heterocycles. The highest BCUT2D eigenvalue weighted by Gasteiger charge is 2.39. The molecule has 0 saturated carbocycles. The minimum atomic E-state index is -1.10. The van der Waals surface area contributed by atoms with Crippen LogP contribution in [0.5, 0.6) is 0 Å². The Kier molecular flexibility index (Phi) is 6.04. The number of aliphatic carboxylic acids is 1. The number of halogens is 2. The van der Waals surface area contributed by atoms with E-state index in [1.807, 2.05) is 0 Å². The van der Waals surface area contributed by atoms with Crippen LogP contribution >= 0.6 is 23.2 Å². The Labute approximate surface area is 148 Å². The number of benzene rings is 1. The first-order valence-electron chi connectivity index (χ1n) is 7.11. The maximum atomic E-state index is 12.2. The summed E-state index contributed by atoms with van der Waals surface area (Å²) in [7, 11) is 1.46. The van der Waals surface area contributed by atoms with Gasteiger partial charge in [-0.1, -0.05) is 23.2 Å². The summed E-state index contributed by atoms with van der Waals surface area (Å²) in [6.45, 7) is -0.145. The monoisotopic (exact) mass is 374 g/mol. The summed E-state index contributed by atoms with van der Waals surface area (Å²) in [4.78, 5) is 36.7. The second-order valence-corrected chi connectivity index (χ2v) is 6.12. The standard InChI is InChI=1S/C15H16Cl2N2O5/c1-24-9-5-12(15(22)23)19(7-9)13(20)6-18-14(21)8-2-3-10(16)11(17)4-8/h2-4,9,12H,5-7H2,1H3,(H,18,21)(H,22,23). The van der Waals surface area contributed by atoms with Crippen molar-refractivity contribution in [2.45, 2.75) is 18.6 Å². The van der Waals surface area contributed by atoms with E-state index in [2.05, 4.69) is 5.32 Å². The Morgan fingerprint density at radius 1 is 1.33 bits per heavy atom. The average Bonchev–Trinajstić information content (AvgIpc) is 2.99. The molecule has 1 aromatic rings. The summed E-state index contributed by atoms with van der Waals surface area (Å²) in [5.41, 5.74) is 0.253. The first-order valence-corrected chi connectivity index (χ1v) is 7.87. The van der Waals surface area contributed by atoms with Gasteiger partial charge in [0, 0.05) is 25.6 Å². The fraction of sp³-hybridized carbons (Fsp3) is 0.400. The number of carboxylic acids is 1. The fourth-order valence-electron chi connectivity index (χ4n) is 2.47. The summed E-state index contributed by atoms with van der Waals surface area (Å²) in [6, 6.07) is 3.39. The van der Waals surface area contributed by atoms with Gasteiger partial charge in [-0.15, -0.1) is 0 Å². The van der Waals surface area contributed by atoms with Gasteiger partial charge in [-0.3, -0.25) is 9.59 Å². The number of likely N-dealkylation sites (tertiary alicyclic amines) is 1. The van der Waals surface area contributed by atoms with Crippen molar-refractivity contribution in [1.29, 1.82) is 0 Å². The number of amides is 2. The van der Waals surface area contributed by atoms with E-state index < -0.39 is 23.8 Å². The van der Waals surface area contributed by atoms with Gasteiger partial charge in [0.25, 0.3) is 5.91 Å². The molecule has 1 fully saturated rings. The van der Waals surface area contributed by atoms with Crippen LogP contribution in [0.2, 0.25) is 10.0 Å². The second-order valence-electron chi connectivity index (χ2n) is 5.31. The molecule has 1 heterocycles. The van der Waals surface area contributed by atoms with Gasteiger partial charge in [-0.05, 0) is 18.2 Å². The average molecular weight is 375 g/mol. The molecule has 9 heteroatoms. The molecule has 0 bridgehead atoms. The van der Waals surface area contributed by atoms with Crippen LogP contribution in [0.15, 0.2) is 18.2 Å². The van der Waals surface area contributed by atoms with E-state index in [-0.39, 0.29) is 36.2 Å². The summed E-state index contributed by atoms with van der Waals surface area (Å²) >= 11 is 11.6. The minimum absolute atomic E-state index is 0.176. The molecular formula is C15H16Cl2N2O5. The number of rotatable bonds is 5. The number of carbonyl (C=O) groups excluding carboxylic acids is 2. The van der Waals surface area contributed by atoms with Crippen molar-refractivity contribution < 1.29 is 24.2 Å². The first-order chi connectivity index (χ1) is 11.3. The van der Waals surface area contributed by atoms with E-state index in [9.17, 15) is 19.5 Å². The van der Waals surface area contributed by atoms with E-state index in [1.165, 1.54) is 30.2 Å². The number of nitrogens with one attached hydrogen (secondary N) is 1. The highest BCUT2D eigenvalue weighted by molar-refractivity contribution is 6.42. The number of methoxy groups -OCH3 is 1. The van der Waals surface area contributed by atoms with Crippen LogP contribution in [0.25, 0.3) is 0 Å². The molecule has 1 aliphatic heterocycles. The number of carboxylic acid groups (broad SMARTS) is 1. The maximum absolute atomic E-state index is 12.2. The van der Waals surface area contributed by atoms with E-state index in [0.717, 1.165) is 0 Å². The van der Waals surface area contributed by atoms with Crippen molar-refractivity contribution >= 4 is 41.0 Å². The number of hydrogen-bond donors (Lipinski definition) is 2. The Bertz CT molecular complexity index is 667. The Balaban J connectivity index is 1.97. The molecule has 24 heavy (non-hydrogen) atoms. The molecule has 0 radical (unpaired) electrons. The van der Waals surface area contributed by atoms with Crippen LogP contribution < -0.4 is 5.32 Å². The molecule has 2 unspecified atom stereocenters. The zero-order chi connectivity index (χ0) is 17.9. The number of hydrogen-bond acceptors (Lipinski definition) is 4. The molecule has 130 valence electrons. The summed E-state index contributed by atoms with van der Waals surface area (Å²) in [5, 5.41) is 12.2. The lowest BCUT2D eigenvalue weighted by atomic mass is 10.2. The van der Waals surface area contributed by atoms with Crippen molar-refractivity contribution in [3.05, 3.63) is 33.8 Å². The third kappa shape index (κ3) is 4.17. The van der Waals surface area contributed by atoms with E-state index in [4.69, 9.17) is 27.9 Å². The third-order valence-electron chi connectivity index (χ3n) is 3.78. The van der Waals surface area contributed by atoms with Gasteiger partial charge in [0.1, 0.15) is 6.04 Å².